The van der Waals surface area contributed by atoms with Crippen LogP contribution in [0.15, 0.2) is 148 Å². The Morgan fingerprint density at radius 3 is 1.50 bits per heavy atom. The molecule has 3 atom stereocenters. The minimum absolute atomic E-state index is 0.0847. The third-order valence-electron chi connectivity index (χ3n) is 21.2. The second-order valence-electron chi connectivity index (χ2n) is 26.7. The number of piperidine rings is 3. The number of thiazole rings is 1. The van der Waals surface area contributed by atoms with Gasteiger partial charge in [0.1, 0.15) is 34.5 Å². The highest BCUT2D eigenvalue weighted by Gasteiger charge is 2.51. The van der Waals surface area contributed by atoms with Gasteiger partial charge in [0.2, 0.25) is 17.8 Å². The normalized spacial score (nSPS) is 19.2. The largest absolute Gasteiger partial charge is 0.485 e. The quantitative estimate of drug-likeness (QED) is 0.0823. The summed E-state index contributed by atoms with van der Waals surface area (Å²) in [5.74, 6) is 4.53. The van der Waals surface area contributed by atoms with E-state index < -0.39 is 0 Å². The lowest BCUT2D eigenvalue weighted by Crippen LogP contribution is -2.52. The molecule has 23 nitrogen and oxygen atoms in total. The van der Waals surface area contributed by atoms with Crippen LogP contribution in [-0.2, 0) is 12.8 Å². The Hall–Kier alpha value is -8.57. The lowest BCUT2D eigenvalue weighted by Gasteiger charge is -2.42. The number of rotatable bonds is 8. The number of fused-ring (bicyclic) bond motifs is 6. The summed E-state index contributed by atoms with van der Waals surface area (Å²) in [7, 11) is 0. The summed E-state index contributed by atoms with van der Waals surface area (Å²) in [6, 6.07) is 22.4. The van der Waals surface area contributed by atoms with Crippen LogP contribution in [0.25, 0.3) is 28.1 Å². The highest BCUT2D eigenvalue weighted by Crippen LogP contribution is 2.54. The molecule has 18 rings (SSSR count). The van der Waals surface area contributed by atoms with Crippen molar-refractivity contribution in [2.75, 3.05) is 71.2 Å². The minimum Gasteiger partial charge on any atom is -0.485 e. The second kappa shape index (κ2) is 26.1. The summed E-state index contributed by atoms with van der Waals surface area (Å²) in [6.45, 7) is 11.2. The van der Waals surface area contributed by atoms with Crippen LogP contribution in [0.1, 0.15) is 101 Å². The van der Waals surface area contributed by atoms with Crippen molar-refractivity contribution in [2.45, 2.75) is 115 Å². The third kappa shape index (κ3) is 11.3. The van der Waals surface area contributed by atoms with E-state index in [-0.39, 0.29) is 34.6 Å². The molecule has 2 aliphatic carbocycles. The number of halogens is 3. The molecule has 0 radical (unpaired) electrons. The molecular weight excluding hydrogens is 1380 g/mol. The SMILES string of the molecule is Cc1nc(N2CCC3(CC2)Cc2ccccc2[C@H]3N)n2ccnc2c1-c1ccnc(N)c1Cl.Cc1nc(N2CCC3(CC2)Cc2ncsc2[C@H]3N)n2ccnc2c1Sc1ccnc(N)c1Cl.Cc1nc(N2CCC3(CC2)Oc2ccccc2[C@H]3N)n2ccnc2c1Sc1ccnc(N)c1Cl. The number of anilines is 6. The van der Waals surface area contributed by atoms with Crippen molar-refractivity contribution in [3.63, 3.8) is 0 Å². The zero-order valence-electron chi connectivity index (χ0n) is 55.1. The minimum atomic E-state index is -0.364. The topological polar surface area (TPSA) is 317 Å². The van der Waals surface area contributed by atoms with E-state index in [1.54, 1.807) is 42.3 Å². The third-order valence-corrected chi connectivity index (χ3v) is 26.1. The maximum absolute atomic E-state index is 6.77. The van der Waals surface area contributed by atoms with E-state index in [1.165, 1.54) is 45.2 Å². The van der Waals surface area contributed by atoms with Crippen LogP contribution in [0.5, 0.6) is 5.75 Å². The number of imidazole rings is 3. The van der Waals surface area contributed by atoms with Gasteiger partial charge in [-0.1, -0.05) is 101 Å². The molecule has 6 aliphatic rings. The van der Waals surface area contributed by atoms with Gasteiger partial charge in [0, 0.05) is 151 Å². The molecule has 0 unspecified atom stereocenters. The lowest BCUT2D eigenvalue weighted by atomic mass is 9.73. The first-order chi connectivity index (χ1) is 48.4. The van der Waals surface area contributed by atoms with Gasteiger partial charge < -0.3 is 53.8 Å². The number of hydrogen-bond acceptors (Lipinski definition) is 23. The summed E-state index contributed by atoms with van der Waals surface area (Å²) in [5.41, 5.74) is 51.5. The average Bonchev–Trinajstić information content (AvgIpc) is 1.56. The zero-order chi connectivity index (χ0) is 68.9. The highest BCUT2D eigenvalue weighted by molar-refractivity contribution is 8.00. The number of para-hydroxylation sites is 1. The van der Waals surface area contributed by atoms with E-state index in [9.17, 15) is 0 Å². The number of nitrogen functional groups attached to an aromatic ring is 3. The van der Waals surface area contributed by atoms with Crippen molar-refractivity contribution in [1.82, 2.24) is 63.0 Å². The van der Waals surface area contributed by atoms with Crippen LogP contribution >= 0.6 is 69.7 Å². The lowest BCUT2D eigenvalue weighted by molar-refractivity contribution is 0.0429. The van der Waals surface area contributed by atoms with Crippen molar-refractivity contribution in [3.05, 3.63) is 187 Å². The summed E-state index contributed by atoms with van der Waals surface area (Å²) in [4.78, 5) is 57.5. The van der Waals surface area contributed by atoms with Crippen molar-refractivity contribution < 1.29 is 4.74 Å². The number of pyridine rings is 3. The summed E-state index contributed by atoms with van der Waals surface area (Å²) < 4.78 is 12.6. The molecule has 3 saturated heterocycles. The van der Waals surface area contributed by atoms with E-state index in [0.29, 0.717) is 32.5 Å². The van der Waals surface area contributed by atoms with Crippen LogP contribution < -0.4 is 53.8 Å². The molecule has 0 amide bonds. The number of hydrogen-bond donors (Lipinski definition) is 6. The number of nitrogens with two attached hydrogens (primary N) is 6. The molecule has 14 heterocycles. The maximum atomic E-state index is 6.77. The number of aryl methyl sites for hydroxylation is 3. The first-order valence-corrected chi connectivity index (χ1v) is 36.9. The van der Waals surface area contributed by atoms with E-state index in [1.807, 2.05) is 91.9 Å². The van der Waals surface area contributed by atoms with Crippen molar-refractivity contribution in [2.24, 2.45) is 28.0 Å². The monoisotopic (exact) mass is 1450 g/mol. The van der Waals surface area contributed by atoms with Crippen LogP contribution in [0, 0.1) is 31.6 Å². The van der Waals surface area contributed by atoms with Gasteiger partial charge in [0.15, 0.2) is 11.3 Å². The molecule has 0 bridgehead atoms. The molecule has 12 aromatic rings. The Bertz CT molecular complexity index is 5130. The second-order valence-corrected chi connectivity index (χ2v) is 30.8. The predicted octanol–water partition coefficient (Wildman–Crippen LogP) is 12.5. The van der Waals surface area contributed by atoms with E-state index in [0.717, 1.165) is 185 Å². The van der Waals surface area contributed by atoms with Gasteiger partial charge >= 0.3 is 0 Å². The fraction of sp³-hybridized carbons (Fsp3) is 0.324. The molecule has 0 saturated carbocycles. The Kier molecular flexibility index (Phi) is 17.2. The molecule has 2 aromatic carbocycles. The number of nitrogens with zero attached hydrogens (tertiary/aromatic N) is 16. The molecule has 29 heteroatoms. The molecule has 3 fully saturated rings. The van der Waals surface area contributed by atoms with Gasteiger partial charge in [-0.15, -0.1) is 11.3 Å². The van der Waals surface area contributed by atoms with Gasteiger partial charge in [0.25, 0.3) is 0 Å². The first kappa shape index (κ1) is 66.0. The first-order valence-electron chi connectivity index (χ1n) is 33.3. The fourth-order valence-electron chi connectivity index (χ4n) is 15.7. The number of benzene rings is 2. The van der Waals surface area contributed by atoms with Crippen LogP contribution in [-0.4, -0.2) is 108 Å². The Morgan fingerprint density at radius 1 is 0.490 bits per heavy atom. The number of ether oxygens (including phenoxy) is 1. The van der Waals surface area contributed by atoms with Gasteiger partial charge in [-0.3, -0.25) is 13.2 Å². The van der Waals surface area contributed by atoms with Gasteiger partial charge in [0.05, 0.1) is 59.2 Å². The molecular formula is C71H73Cl3N22OS3. The summed E-state index contributed by atoms with van der Waals surface area (Å²) >= 11 is 24.0. The maximum Gasteiger partial charge on any atom is 0.211 e. The van der Waals surface area contributed by atoms with Crippen molar-refractivity contribution in [3.8, 4) is 16.9 Å². The molecule has 10 aromatic heterocycles. The summed E-state index contributed by atoms with van der Waals surface area (Å²) in [6.07, 6.45) is 24.1. The average molecular weight is 1450 g/mol. The number of aromatic nitrogens is 13. The molecule has 3 spiro atoms. The standard InChI is InChI=1S/C25H26ClN7.C24H24ClN7OS.C22H23ClN8S2/c1-15-19(18-6-9-29-22(28)20(18)26)23-30-10-13-33(23)24(31-15)32-11-7-25(8-12-32)14-16-4-2-3-5-17(16)21(25)27;1-14-19(34-17-6-9-28-21(27)18(17)25)22-29-10-13-32(22)23(30-14)31-11-7-24(8-12-31)20(26)15-4-2-3-5-16(15)33-24;1-12-16(33-14-2-5-26-19(25)15(14)23)20-27-6-9-31(20)21(29-12)30-7-3-22(4-8-30)10-13-17(18(22)24)32-11-28-13/h2-6,9-10,13,21H,7-8,11-12,14,27H2,1H3,(H2,28,29);2-6,9-10,13,20H,7-8,11-12,26H2,1H3,(H2,27,28);2,5-6,9,11,18H,3-4,7-8,10,24H2,1H3,(H2,25,26)/t21-;20-;18-/m111/s1. The molecule has 512 valence electrons. The zero-order valence-corrected chi connectivity index (χ0v) is 59.9. The Labute approximate surface area is 604 Å². The van der Waals surface area contributed by atoms with Crippen LogP contribution in [0.3, 0.4) is 0 Å². The van der Waals surface area contributed by atoms with Crippen LogP contribution in [0.4, 0.5) is 35.3 Å². The Morgan fingerprint density at radius 2 is 0.960 bits per heavy atom. The van der Waals surface area contributed by atoms with E-state index >= 15 is 0 Å². The smallest absolute Gasteiger partial charge is 0.211 e. The predicted molar refractivity (Wildman–Crippen MR) is 397 cm³/mol. The van der Waals surface area contributed by atoms with Gasteiger partial charge in [-0.25, -0.2) is 49.8 Å². The van der Waals surface area contributed by atoms with E-state index in [4.69, 9.17) is 88.9 Å². The molecule has 4 aliphatic heterocycles. The van der Waals surface area contributed by atoms with Crippen LogP contribution in [0.2, 0.25) is 15.1 Å². The van der Waals surface area contributed by atoms with E-state index in [2.05, 4.69) is 88.7 Å². The Balaban J connectivity index is 0.000000117. The van der Waals surface area contributed by atoms with Gasteiger partial charge in [-0.05, 0) is 106 Å². The fourth-order valence-corrected chi connectivity index (χ4v) is 19.3. The molecule has 12 N–H and O–H groups in total. The molecule has 100 heavy (non-hydrogen) atoms. The highest BCUT2D eigenvalue weighted by atomic mass is 35.5. The van der Waals surface area contributed by atoms with Crippen molar-refractivity contribution >= 4 is 122 Å². The van der Waals surface area contributed by atoms with Crippen molar-refractivity contribution in [1.29, 1.82) is 0 Å². The van der Waals surface area contributed by atoms with Gasteiger partial charge in [-0.2, -0.15) is 0 Å². The summed E-state index contributed by atoms with van der Waals surface area (Å²) in [5, 5.41) is 1.32.